The zero-order valence-electron chi connectivity index (χ0n) is 11.6. The zero-order chi connectivity index (χ0) is 12.6. The molecule has 1 aliphatic rings. The molecule has 0 aromatic carbocycles. The maximum atomic E-state index is 10.4. The highest BCUT2D eigenvalue weighted by Gasteiger charge is 2.36. The van der Waals surface area contributed by atoms with Gasteiger partial charge in [0.2, 0.25) is 0 Å². The van der Waals surface area contributed by atoms with Crippen molar-refractivity contribution in [3.05, 3.63) is 0 Å². The molecule has 1 aliphatic heterocycles. The minimum Gasteiger partial charge on any atom is -0.309 e. The standard InChI is InChI=1S/C11H22N2O.C2H6/c1-12(2)9-11(5-4-8-14)6-7-13(3)10-11;1-2/h8H,4-7,9-10H2,1-3H3;1-2H3. The highest BCUT2D eigenvalue weighted by molar-refractivity contribution is 5.49. The molecule has 1 saturated heterocycles. The third kappa shape index (κ3) is 5.08. The van der Waals surface area contributed by atoms with Gasteiger partial charge in [-0.1, -0.05) is 13.8 Å². The molecule has 0 aromatic rings. The average Bonchev–Trinajstić information content (AvgIpc) is 2.60. The fraction of sp³-hybridized carbons (Fsp3) is 0.923. The Balaban J connectivity index is 0.00000106. The lowest BCUT2D eigenvalue weighted by Crippen LogP contribution is -2.36. The van der Waals surface area contributed by atoms with E-state index >= 15 is 0 Å². The van der Waals surface area contributed by atoms with E-state index in [4.69, 9.17) is 0 Å². The smallest absolute Gasteiger partial charge is 0.120 e. The van der Waals surface area contributed by atoms with Crippen LogP contribution in [0.25, 0.3) is 0 Å². The van der Waals surface area contributed by atoms with Crippen molar-refractivity contribution in [2.75, 3.05) is 40.8 Å². The van der Waals surface area contributed by atoms with Crippen LogP contribution in [0.4, 0.5) is 0 Å². The molecule has 1 fully saturated rings. The molecule has 0 bridgehead atoms. The first-order valence-electron chi connectivity index (χ1n) is 6.35. The van der Waals surface area contributed by atoms with Crippen molar-refractivity contribution in [2.24, 2.45) is 5.41 Å². The predicted octanol–water partition coefficient (Wildman–Crippen LogP) is 1.88. The topological polar surface area (TPSA) is 23.6 Å². The molecule has 0 aromatic heterocycles. The normalized spacial score (nSPS) is 25.4. The second-order valence-corrected chi connectivity index (χ2v) is 4.93. The van der Waals surface area contributed by atoms with Gasteiger partial charge in [0.1, 0.15) is 6.29 Å². The van der Waals surface area contributed by atoms with E-state index in [1.807, 2.05) is 13.8 Å². The minimum atomic E-state index is 0.360. The number of hydrogen-bond acceptors (Lipinski definition) is 3. The van der Waals surface area contributed by atoms with E-state index < -0.39 is 0 Å². The Morgan fingerprint density at radius 2 is 2.00 bits per heavy atom. The third-order valence-corrected chi connectivity index (χ3v) is 3.07. The molecular formula is C13H28N2O. The van der Waals surface area contributed by atoms with Crippen molar-refractivity contribution in [3.8, 4) is 0 Å². The molecule has 0 radical (unpaired) electrons. The summed E-state index contributed by atoms with van der Waals surface area (Å²) in [5.74, 6) is 0. The van der Waals surface area contributed by atoms with Gasteiger partial charge in [0.15, 0.2) is 0 Å². The van der Waals surface area contributed by atoms with Gasteiger partial charge in [0.05, 0.1) is 0 Å². The maximum absolute atomic E-state index is 10.4. The molecular weight excluding hydrogens is 200 g/mol. The van der Waals surface area contributed by atoms with Gasteiger partial charge in [-0.3, -0.25) is 0 Å². The Labute approximate surface area is 101 Å². The van der Waals surface area contributed by atoms with Gasteiger partial charge >= 0.3 is 0 Å². The van der Waals surface area contributed by atoms with E-state index in [1.165, 1.54) is 13.0 Å². The summed E-state index contributed by atoms with van der Waals surface area (Å²) < 4.78 is 0. The number of rotatable bonds is 5. The third-order valence-electron chi connectivity index (χ3n) is 3.07. The molecule has 3 heteroatoms. The first kappa shape index (κ1) is 15.6. The molecule has 1 atom stereocenters. The highest BCUT2D eigenvalue weighted by Crippen LogP contribution is 2.34. The van der Waals surface area contributed by atoms with Gasteiger partial charge in [-0.05, 0) is 45.9 Å². The van der Waals surface area contributed by atoms with Crippen molar-refractivity contribution in [1.82, 2.24) is 9.80 Å². The summed E-state index contributed by atoms with van der Waals surface area (Å²) >= 11 is 0. The summed E-state index contributed by atoms with van der Waals surface area (Å²) in [6, 6.07) is 0. The second-order valence-electron chi connectivity index (χ2n) is 4.93. The second kappa shape index (κ2) is 7.80. The number of carbonyl (C=O) groups excluding carboxylic acids is 1. The van der Waals surface area contributed by atoms with E-state index in [1.54, 1.807) is 0 Å². The molecule has 0 amide bonds. The largest absolute Gasteiger partial charge is 0.309 e. The van der Waals surface area contributed by atoms with Crippen LogP contribution in [0.15, 0.2) is 0 Å². The van der Waals surface area contributed by atoms with Crippen molar-refractivity contribution < 1.29 is 4.79 Å². The quantitative estimate of drug-likeness (QED) is 0.671. The lowest BCUT2D eigenvalue weighted by molar-refractivity contribution is -0.108. The summed E-state index contributed by atoms with van der Waals surface area (Å²) in [6.07, 6.45) is 4.03. The number of carbonyl (C=O) groups is 1. The summed E-state index contributed by atoms with van der Waals surface area (Å²) in [6.45, 7) is 7.41. The van der Waals surface area contributed by atoms with E-state index in [0.29, 0.717) is 11.8 Å². The molecule has 0 N–H and O–H groups in total. The van der Waals surface area contributed by atoms with Crippen LogP contribution in [0.3, 0.4) is 0 Å². The van der Waals surface area contributed by atoms with Crippen LogP contribution in [0, 0.1) is 5.41 Å². The molecule has 1 unspecified atom stereocenters. The Kier molecular flexibility index (Phi) is 7.60. The van der Waals surface area contributed by atoms with Gasteiger partial charge in [-0.25, -0.2) is 0 Å². The molecule has 1 heterocycles. The Bertz CT molecular complexity index is 194. The SMILES string of the molecule is CC.CN(C)CC1(CCC=O)CCN(C)C1. The Morgan fingerprint density at radius 3 is 2.38 bits per heavy atom. The summed E-state index contributed by atoms with van der Waals surface area (Å²) in [7, 11) is 6.39. The van der Waals surface area contributed by atoms with Crippen LogP contribution in [0.1, 0.15) is 33.1 Å². The fourth-order valence-electron chi connectivity index (χ4n) is 2.61. The number of likely N-dealkylation sites (tertiary alicyclic amines) is 1. The van der Waals surface area contributed by atoms with Crippen LogP contribution < -0.4 is 0 Å². The van der Waals surface area contributed by atoms with Gasteiger partial charge in [-0.15, -0.1) is 0 Å². The molecule has 96 valence electrons. The van der Waals surface area contributed by atoms with Crippen LogP contribution in [-0.4, -0.2) is 56.9 Å². The molecule has 0 spiro atoms. The van der Waals surface area contributed by atoms with Crippen LogP contribution in [0.5, 0.6) is 0 Å². The molecule has 1 rings (SSSR count). The van der Waals surface area contributed by atoms with Crippen LogP contribution >= 0.6 is 0 Å². The van der Waals surface area contributed by atoms with Gasteiger partial charge in [0, 0.05) is 19.5 Å². The van der Waals surface area contributed by atoms with Gasteiger partial charge < -0.3 is 14.6 Å². The van der Waals surface area contributed by atoms with Crippen molar-refractivity contribution in [1.29, 1.82) is 0 Å². The number of hydrogen-bond donors (Lipinski definition) is 0. The van der Waals surface area contributed by atoms with Crippen molar-refractivity contribution in [3.63, 3.8) is 0 Å². The van der Waals surface area contributed by atoms with E-state index in [-0.39, 0.29) is 0 Å². The number of nitrogens with zero attached hydrogens (tertiary/aromatic N) is 2. The minimum absolute atomic E-state index is 0.360. The molecule has 16 heavy (non-hydrogen) atoms. The van der Waals surface area contributed by atoms with Crippen LogP contribution in [-0.2, 0) is 4.79 Å². The summed E-state index contributed by atoms with van der Waals surface area (Å²) in [5, 5.41) is 0. The van der Waals surface area contributed by atoms with Crippen molar-refractivity contribution in [2.45, 2.75) is 33.1 Å². The van der Waals surface area contributed by atoms with Crippen molar-refractivity contribution >= 4 is 6.29 Å². The lowest BCUT2D eigenvalue weighted by Gasteiger charge is -2.31. The summed E-state index contributed by atoms with van der Waals surface area (Å²) in [4.78, 5) is 15.1. The Morgan fingerprint density at radius 1 is 1.38 bits per heavy atom. The monoisotopic (exact) mass is 228 g/mol. The van der Waals surface area contributed by atoms with Gasteiger partial charge in [0.25, 0.3) is 0 Å². The Hall–Kier alpha value is -0.410. The van der Waals surface area contributed by atoms with E-state index in [2.05, 4.69) is 30.9 Å². The zero-order valence-corrected chi connectivity index (χ0v) is 11.6. The predicted molar refractivity (Wildman–Crippen MR) is 69.7 cm³/mol. The van der Waals surface area contributed by atoms with E-state index in [9.17, 15) is 4.79 Å². The first-order valence-corrected chi connectivity index (χ1v) is 6.35. The highest BCUT2D eigenvalue weighted by atomic mass is 16.1. The fourth-order valence-corrected chi connectivity index (χ4v) is 2.61. The number of aldehydes is 1. The van der Waals surface area contributed by atoms with Gasteiger partial charge in [-0.2, -0.15) is 0 Å². The van der Waals surface area contributed by atoms with Crippen LogP contribution in [0.2, 0.25) is 0 Å². The summed E-state index contributed by atoms with van der Waals surface area (Å²) in [5.41, 5.74) is 0.360. The first-order chi connectivity index (χ1) is 7.58. The molecule has 0 saturated carbocycles. The van der Waals surface area contributed by atoms with E-state index in [0.717, 1.165) is 25.8 Å². The molecule has 3 nitrogen and oxygen atoms in total. The average molecular weight is 228 g/mol. The lowest BCUT2D eigenvalue weighted by atomic mass is 9.82. The molecule has 0 aliphatic carbocycles. The maximum Gasteiger partial charge on any atom is 0.120 e.